The lowest BCUT2D eigenvalue weighted by molar-refractivity contribution is 0.108. The average molecular weight is 592 g/mol. The van der Waals surface area contributed by atoms with Crippen molar-refractivity contribution in [2.75, 3.05) is 51.0 Å². The van der Waals surface area contributed by atoms with Gasteiger partial charge in [-0.25, -0.2) is 9.37 Å². The highest BCUT2D eigenvalue weighted by molar-refractivity contribution is 6.35. The quantitative estimate of drug-likeness (QED) is 0.334. The van der Waals surface area contributed by atoms with Crippen LogP contribution in [-0.2, 0) is 4.74 Å². The standard InChI is InChI=1S/C30H31ClFN7O3/c1-16-10-30(5-3-6-38(30)12-16)15-42-29-35-26-22-27(36-29)39-7-4-8-40-13-18(39)14-41-28(22)34-25(24(26)32)21-19-11-33-37-20(19)9-17(2)23(21)31/h9,11,18H,1,3-8,10,12-15H2,2H3,(H,33,37)/t18-,30-/m0/s1. The molecule has 4 aliphatic rings. The second-order valence-corrected chi connectivity index (χ2v) is 12.3. The molecule has 0 spiro atoms. The van der Waals surface area contributed by atoms with Gasteiger partial charge in [0.1, 0.15) is 35.6 Å². The van der Waals surface area contributed by atoms with Crippen LogP contribution in [0.15, 0.2) is 24.4 Å². The number of benzene rings is 1. The molecule has 7 heterocycles. The van der Waals surface area contributed by atoms with Crippen LogP contribution in [0.2, 0.25) is 5.02 Å². The lowest BCUT2D eigenvalue weighted by atomic mass is 9.94. The van der Waals surface area contributed by atoms with E-state index in [4.69, 9.17) is 35.8 Å². The van der Waals surface area contributed by atoms with Gasteiger partial charge in [0, 0.05) is 30.6 Å². The largest absolute Gasteiger partial charge is 0.475 e. The molecule has 0 saturated carbocycles. The van der Waals surface area contributed by atoms with E-state index in [0.29, 0.717) is 60.1 Å². The van der Waals surface area contributed by atoms with E-state index in [0.717, 1.165) is 49.9 Å². The van der Waals surface area contributed by atoms with Crippen LogP contribution in [0, 0.1) is 12.7 Å². The summed E-state index contributed by atoms with van der Waals surface area (Å²) in [7, 11) is 0. The van der Waals surface area contributed by atoms with E-state index in [1.54, 1.807) is 6.20 Å². The molecule has 0 bridgehead atoms. The number of pyridine rings is 1. The molecule has 218 valence electrons. The Labute approximate surface area is 246 Å². The molecule has 12 heteroatoms. The van der Waals surface area contributed by atoms with Gasteiger partial charge in [0.25, 0.3) is 0 Å². The number of H-pyrrole nitrogens is 1. The van der Waals surface area contributed by atoms with Crippen molar-refractivity contribution in [3.05, 3.63) is 40.8 Å². The second kappa shape index (κ2) is 9.75. The minimum absolute atomic E-state index is 0.0502. The second-order valence-electron chi connectivity index (χ2n) is 11.9. The molecule has 0 aliphatic carbocycles. The highest BCUT2D eigenvalue weighted by atomic mass is 35.5. The first-order valence-electron chi connectivity index (χ1n) is 14.5. The summed E-state index contributed by atoms with van der Waals surface area (Å²) in [4.78, 5) is 18.9. The summed E-state index contributed by atoms with van der Waals surface area (Å²) < 4.78 is 35.3. The number of fused-ring (bicyclic) bond motifs is 4. The topological polar surface area (TPSA) is 102 Å². The molecule has 0 amide bonds. The van der Waals surface area contributed by atoms with Crippen molar-refractivity contribution in [2.24, 2.45) is 0 Å². The van der Waals surface area contributed by atoms with E-state index in [9.17, 15) is 0 Å². The third kappa shape index (κ3) is 3.97. The highest BCUT2D eigenvalue weighted by Crippen LogP contribution is 2.45. The summed E-state index contributed by atoms with van der Waals surface area (Å²) in [6, 6.07) is 1.90. The lowest BCUT2D eigenvalue weighted by Gasteiger charge is -2.31. The van der Waals surface area contributed by atoms with Crippen molar-refractivity contribution in [3.8, 4) is 23.1 Å². The Bertz CT molecular complexity index is 1760. The van der Waals surface area contributed by atoms with Crippen LogP contribution >= 0.6 is 11.6 Å². The first kappa shape index (κ1) is 26.1. The summed E-state index contributed by atoms with van der Waals surface area (Å²) in [5, 5.41) is 8.61. The molecule has 42 heavy (non-hydrogen) atoms. The van der Waals surface area contributed by atoms with Gasteiger partial charge in [-0.3, -0.25) is 10.00 Å². The van der Waals surface area contributed by atoms with Gasteiger partial charge in [-0.2, -0.15) is 15.1 Å². The number of nitrogens with zero attached hydrogens (tertiary/aromatic N) is 6. The smallest absolute Gasteiger partial charge is 0.319 e. The van der Waals surface area contributed by atoms with Gasteiger partial charge in [-0.05, 0) is 50.8 Å². The number of rotatable bonds is 4. The van der Waals surface area contributed by atoms with Gasteiger partial charge >= 0.3 is 6.01 Å². The summed E-state index contributed by atoms with van der Waals surface area (Å²) in [5.41, 5.74) is 3.17. The minimum atomic E-state index is -0.611. The summed E-state index contributed by atoms with van der Waals surface area (Å²) >= 11 is 6.81. The molecular formula is C30H31ClFN7O3. The third-order valence-electron chi connectivity index (χ3n) is 9.14. The van der Waals surface area contributed by atoms with Crippen molar-refractivity contribution in [1.29, 1.82) is 0 Å². The number of nitrogens with one attached hydrogen (secondary N) is 1. The van der Waals surface area contributed by atoms with Crippen molar-refractivity contribution in [1.82, 2.24) is 30.0 Å². The predicted molar refractivity (Wildman–Crippen MR) is 157 cm³/mol. The highest BCUT2D eigenvalue weighted by Gasteiger charge is 2.46. The lowest BCUT2D eigenvalue weighted by Crippen LogP contribution is -2.43. The molecule has 4 aromatic rings. The fraction of sp³-hybridized carbons (Fsp3) is 0.467. The maximum absolute atomic E-state index is 16.8. The number of aryl methyl sites for hydroxylation is 1. The fourth-order valence-electron chi connectivity index (χ4n) is 7.14. The van der Waals surface area contributed by atoms with Crippen molar-refractivity contribution in [3.63, 3.8) is 0 Å². The Kier molecular flexibility index (Phi) is 6.06. The van der Waals surface area contributed by atoms with Crippen molar-refractivity contribution in [2.45, 2.75) is 44.2 Å². The van der Waals surface area contributed by atoms with E-state index in [-0.39, 0.29) is 34.7 Å². The van der Waals surface area contributed by atoms with Crippen LogP contribution in [0.4, 0.5) is 10.2 Å². The molecule has 3 saturated heterocycles. The molecule has 0 unspecified atom stereocenters. The van der Waals surface area contributed by atoms with E-state index < -0.39 is 5.82 Å². The molecule has 4 aliphatic heterocycles. The predicted octanol–water partition coefficient (Wildman–Crippen LogP) is 4.83. The van der Waals surface area contributed by atoms with E-state index >= 15 is 4.39 Å². The van der Waals surface area contributed by atoms with Crippen LogP contribution in [0.1, 0.15) is 31.2 Å². The number of aromatic nitrogens is 5. The van der Waals surface area contributed by atoms with Crippen LogP contribution in [0.3, 0.4) is 0 Å². The number of anilines is 1. The molecule has 1 aromatic carbocycles. The van der Waals surface area contributed by atoms with Gasteiger partial charge in [0.15, 0.2) is 5.82 Å². The van der Waals surface area contributed by atoms with Gasteiger partial charge < -0.3 is 19.1 Å². The van der Waals surface area contributed by atoms with Crippen LogP contribution < -0.4 is 14.4 Å². The van der Waals surface area contributed by atoms with Crippen molar-refractivity contribution < 1.29 is 18.6 Å². The maximum atomic E-state index is 16.8. The molecule has 8 rings (SSSR count). The zero-order valence-electron chi connectivity index (χ0n) is 23.4. The van der Waals surface area contributed by atoms with Crippen LogP contribution in [0.25, 0.3) is 33.1 Å². The number of hydrogen-bond donors (Lipinski definition) is 1. The molecule has 3 fully saturated rings. The normalized spacial score (nSPS) is 24.0. The third-order valence-corrected chi connectivity index (χ3v) is 9.63. The summed E-state index contributed by atoms with van der Waals surface area (Å²) in [6.07, 6.45) is 5.44. The number of halogens is 2. The molecule has 3 aromatic heterocycles. The van der Waals surface area contributed by atoms with Crippen LogP contribution in [-0.4, -0.2) is 87.7 Å². The van der Waals surface area contributed by atoms with E-state index in [1.165, 1.54) is 5.57 Å². The Morgan fingerprint density at radius 2 is 2.14 bits per heavy atom. The zero-order valence-corrected chi connectivity index (χ0v) is 24.1. The molecular weight excluding hydrogens is 561 g/mol. The molecule has 10 nitrogen and oxygen atoms in total. The fourth-order valence-corrected chi connectivity index (χ4v) is 7.39. The molecule has 0 radical (unpaired) electrons. The van der Waals surface area contributed by atoms with Gasteiger partial charge in [-0.15, -0.1) is 0 Å². The Balaban J connectivity index is 1.32. The summed E-state index contributed by atoms with van der Waals surface area (Å²) in [6.45, 7) is 10.5. The van der Waals surface area contributed by atoms with Crippen molar-refractivity contribution >= 4 is 39.2 Å². The van der Waals surface area contributed by atoms with Crippen LogP contribution in [0.5, 0.6) is 11.9 Å². The first-order valence-corrected chi connectivity index (χ1v) is 14.9. The van der Waals surface area contributed by atoms with Gasteiger partial charge in [0.2, 0.25) is 5.88 Å². The molecule has 2 atom stereocenters. The number of ether oxygens (including phenoxy) is 3. The van der Waals surface area contributed by atoms with E-state index in [1.807, 2.05) is 13.0 Å². The number of hydrogen-bond acceptors (Lipinski definition) is 9. The maximum Gasteiger partial charge on any atom is 0.319 e. The minimum Gasteiger partial charge on any atom is -0.475 e. The average Bonchev–Trinajstić information content (AvgIpc) is 3.58. The van der Waals surface area contributed by atoms with Gasteiger partial charge in [-0.1, -0.05) is 23.8 Å². The summed E-state index contributed by atoms with van der Waals surface area (Å²) in [5.74, 6) is 0.203. The Hall–Kier alpha value is -3.54. The Morgan fingerprint density at radius 1 is 1.24 bits per heavy atom. The van der Waals surface area contributed by atoms with Gasteiger partial charge in [0.05, 0.1) is 34.9 Å². The first-order chi connectivity index (χ1) is 20.4. The zero-order chi connectivity index (χ0) is 28.6. The van der Waals surface area contributed by atoms with E-state index in [2.05, 4.69) is 31.6 Å². The number of aromatic amines is 1. The molecule has 1 N–H and O–H groups in total. The monoisotopic (exact) mass is 591 g/mol. The Morgan fingerprint density at radius 3 is 3.05 bits per heavy atom. The SMILES string of the molecule is C=C1CN2CCC[C@@]2(COc2nc3c4c(nc(-c5c(Cl)c(C)cc6[nH]ncc56)c(F)c4n2)OC[C@@H]2COCCCN32)C1.